The van der Waals surface area contributed by atoms with Crippen molar-refractivity contribution in [2.75, 3.05) is 40.9 Å². The molecule has 0 fully saturated rings. The largest absolute Gasteiger partial charge is 0.472 e. The van der Waals surface area contributed by atoms with Crippen LogP contribution in [0.25, 0.3) is 0 Å². The number of hydrogen-bond acceptors (Lipinski definition) is 5. The summed E-state index contributed by atoms with van der Waals surface area (Å²) in [6.45, 7) is 4.75. The molecule has 0 aromatic heterocycles. The van der Waals surface area contributed by atoms with E-state index in [0.29, 0.717) is 17.4 Å². The first-order valence-corrected chi connectivity index (χ1v) is 24.0. The molecule has 0 aliphatic rings. The number of allylic oxidation sites excluding steroid dienone is 7. The van der Waals surface area contributed by atoms with Gasteiger partial charge in [0.1, 0.15) is 13.2 Å². The lowest BCUT2D eigenvalue weighted by molar-refractivity contribution is -0.870. The average molecular weight is 796 g/mol. The number of carbonyl (C=O) groups excluding carboxylic acids is 1. The molecule has 0 bridgehead atoms. The number of carbonyl (C=O) groups is 1. The summed E-state index contributed by atoms with van der Waals surface area (Å²) < 4.78 is 23.5. The third kappa shape index (κ3) is 40.5. The molecule has 0 aromatic carbocycles. The van der Waals surface area contributed by atoms with Crippen LogP contribution in [0.3, 0.4) is 0 Å². The van der Waals surface area contributed by atoms with Gasteiger partial charge in [0.15, 0.2) is 0 Å². The summed E-state index contributed by atoms with van der Waals surface area (Å²) in [6, 6.07) is -0.870. The van der Waals surface area contributed by atoms with Crippen LogP contribution in [-0.4, -0.2) is 73.4 Å². The highest BCUT2D eigenvalue weighted by molar-refractivity contribution is 7.47. The van der Waals surface area contributed by atoms with E-state index >= 15 is 0 Å². The zero-order valence-corrected chi connectivity index (χ0v) is 37.3. The zero-order chi connectivity index (χ0) is 40.7. The molecule has 0 saturated heterocycles. The molecule has 1 amide bonds. The Labute approximate surface area is 339 Å². The minimum Gasteiger partial charge on any atom is -0.387 e. The zero-order valence-electron chi connectivity index (χ0n) is 36.4. The Balaban J connectivity index is 4.46. The van der Waals surface area contributed by atoms with E-state index in [1.165, 1.54) is 122 Å². The Kier molecular flexibility index (Phi) is 36.9. The van der Waals surface area contributed by atoms with Crippen LogP contribution >= 0.6 is 7.82 Å². The van der Waals surface area contributed by atoms with Crippen molar-refractivity contribution in [2.45, 2.75) is 199 Å². The maximum Gasteiger partial charge on any atom is 0.472 e. The van der Waals surface area contributed by atoms with Crippen LogP contribution in [0.1, 0.15) is 187 Å². The van der Waals surface area contributed by atoms with Gasteiger partial charge in [-0.3, -0.25) is 13.8 Å². The standard InChI is InChI=1S/C46H87N2O6P/c1-6-8-10-12-14-16-18-20-22-23-24-25-26-28-30-32-34-36-38-40-46(50)47-44(43-54-55(51,52)53-42-41-48(3,4)5)45(49)39-37-35-33-31-29-27-21-19-17-15-13-11-9-7-2/h17,19,23-24,29,31,37,39,44-45,49H,6-16,18,20-22,25-28,30,32-36,38,40-43H2,1-5H3,(H-,47,50,51,52)/p+1/b19-17+,24-23-,31-29+,39-37+. The molecule has 3 N–H and O–H groups in total. The Morgan fingerprint density at radius 2 is 1.00 bits per heavy atom. The van der Waals surface area contributed by atoms with Crippen molar-refractivity contribution in [3.63, 3.8) is 0 Å². The molecule has 3 atom stereocenters. The summed E-state index contributed by atoms with van der Waals surface area (Å²) in [5.74, 6) is -0.198. The van der Waals surface area contributed by atoms with Gasteiger partial charge < -0.3 is 19.8 Å². The van der Waals surface area contributed by atoms with E-state index in [1.807, 2.05) is 27.2 Å². The fourth-order valence-corrected chi connectivity index (χ4v) is 6.86. The maximum absolute atomic E-state index is 12.9. The number of phosphoric ester groups is 1. The van der Waals surface area contributed by atoms with Crippen LogP contribution < -0.4 is 5.32 Å². The Hall–Kier alpha value is -1.54. The Morgan fingerprint density at radius 1 is 0.600 bits per heavy atom. The summed E-state index contributed by atoms with van der Waals surface area (Å²) in [4.78, 5) is 23.1. The van der Waals surface area contributed by atoms with Crippen LogP contribution in [0.5, 0.6) is 0 Å². The molecular weight excluding hydrogens is 707 g/mol. The summed E-state index contributed by atoms with van der Waals surface area (Å²) in [6.07, 6.45) is 47.5. The van der Waals surface area contributed by atoms with Crippen molar-refractivity contribution in [3.05, 3.63) is 48.6 Å². The molecule has 0 radical (unpaired) electrons. The number of amides is 1. The normalized spacial score (nSPS) is 14.8. The molecule has 322 valence electrons. The van der Waals surface area contributed by atoms with Gasteiger partial charge in [-0.15, -0.1) is 0 Å². The molecule has 0 aromatic rings. The van der Waals surface area contributed by atoms with Crippen LogP contribution in [0.15, 0.2) is 48.6 Å². The van der Waals surface area contributed by atoms with Gasteiger partial charge in [0.05, 0.1) is 39.9 Å². The number of unbranched alkanes of at least 4 members (excludes halogenated alkanes) is 21. The second-order valence-electron chi connectivity index (χ2n) is 16.4. The van der Waals surface area contributed by atoms with E-state index in [-0.39, 0.29) is 19.1 Å². The van der Waals surface area contributed by atoms with Gasteiger partial charge in [-0.05, 0) is 70.6 Å². The first-order chi connectivity index (χ1) is 26.5. The second-order valence-corrected chi connectivity index (χ2v) is 17.9. The number of aliphatic hydroxyl groups excluding tert-OH is 1. The van der Waals surface area contributed by atoms with Gasteiger partial charge >= 0.3 is 7.82 Å². The monoisotopic (exact) mass is 796 g/mol. The van der Waals surface area contributed by atoms with Crippen molar-refractivity contribution < 1.29 is 32.9 Å². The van der Waals surface area contributed by atoms with Gasteiger partial charge in [0.2, 0.25) is 5.91 Å². The lowest BCUT2D eigenvalue weighted by Gasteiger charge is -2.25. The lowest BCUT2D eigenvalue weighted by Crippen LogP contribution is -2.45. The number of hydrogen-bond donors (Lipinski definition) is 3. The van der Waals surface area contributed by atoms with Crippen LogP contribution in [0.4, 0.5) is 0 Å². The number of phosphoric acid groups is 1. The molecular formula is C46H88N2O6P+. The number of rotatable bonds is 40. The molecule has 0 rings (SSSR count). The SMILES string of the molecule is CCCCCC/C=C/CC/C=C/CC/C=C/C(O)C(COP(=O)(O)OCC[N+](C)(C)C)NC(=O)CCCCCCCCC/C=C\CCCCCCCCCC. The Morgan fingerprint density at radius 3 is 1.47 bits per heavy atom. The predicted octanol–water partition coefficient (Wildman–Crippen LogP) is 12.5. The minimum atomic E-state index is -4.35. The molecule has 0 spiro atoms. The number of likely N-dealkylation sites (N-methyl/N-ethyl adjacent to an activating group) is 1. The number of aliphatic hydroxyl groups is 1. The van der Waals surface area contributed by atoms with Crippen molar-refractivity contribution in [1.29, 1.82) is 0 Å². The average Bonchev–Trinajstić information content (AvgIpc) is 3.13. The first kappa shape index (κ1) is 53.5. The molecule has 0 aliphatic heterocycles. The van der Waals surface area contributed by atoms with E-state index in [9.17, 15) is 19.4 Å². The van der Waals surface area contributed by atoms with Gasteiger partial charge in [0.25, 0.3) is 0 Å². The van der Waals surface area contributed by atoms with Gasteiger partial charge in [0, 0.05) is 6.42 Å². The van der Waals surface area contributed by atoms with Crippen molar-refractivity contribution in [1.82, 2.24) is 5.32 Å². The summed E-state index contributed by atoms with van der Waals surface area (Å²) in [5.41, 5.74) is 0. The maximum atomic E-state index is 12.9. The Bertz CT molecular complexity index is 1040. The highest BCUT2D eigenvalue weighted by Crippen LogP contribution is 2.43. The topological polar surface area (TPSA) is 105 Å². The van der Waals surface area contributed by atoms with Crippen molar-refractivity contribution in [2.24, 2.45) is 0 Å². The smallest absolute Gasteiger partial charge is 0.387 e. The van der Waals surface area contributed by atoms with E-state index < -0.39 is 20.0 Å². The van der Waals surface area contributed by atoms with Crippen LogP contribution in [-0.2, 0) is 18.4 Å². The summed E-state index contributed by atoms with van der Waals surface area (Å²) in [5, 5.41) is 13.8. The molecule has 0 aliphatic carbocycles. The second kappa shape index (κ2) is 38.0. The highest BCUT2D eigenvalue weighted by atomic mass is 31.2. The number of nitrogens with zero attached hydrogens (tertiary/aromatic N) is 1. The van der Waals surface area contributed by atoms with E-state index in [2.05, 4.69) is 55.6 Å². The first-order valence-electron chi connectivity index (χ1n) is 22.5. The van der Waals surface area contributed by atoms with Crippen molar-refractivity contribution in [3.8, 4) is 0 Å². The third-order valence-corrected chi connectivity index (χ3v) is 10.7. The molecule has 8 nitrogen and oxygen atoms in total. The van der Waals surface area contributed by atoms with E-state index in [0.717, 1.165) is 44.9 Å². The summed E-state index contributed by atoms with van der Waals surface area (Å²) >= 11 is 0. The number of quaternary nitrogens is 1. The third-order valence-electron chi connectivity index (χ3n) is 9.75. The van der Waals surface area contributed by atoms with Crippen molar-refractivity contribution >= 4 is 13.7 Å². The van der Waals surface area contributed by atoms with Gasteiger partial charge in [-0.25, -0.2) is 4.57 Å². The van der Waals surface area contributed by atoms with Gasteiger partial charge in [-0.2, -0.15) is 0 Å². The highest BCUT2D eigenvalue weighted by Gasteiger charge is 2.27. The summed E-state index contributed by atoms with van der Waals surface area (Å²) in [7, 11) is 1.54. The van der Waals surface area contributed by atoms with Gasteiger partial charge in [-0.1, -0.05) is 159 Å². The fourth-order valence-electron chi connectivity index (χ4n) is 6.12. The molecule has 3 unspecified atom stereocenters. The molecule has 0 saturated carbocycles. The molecule has 9 heteroatoms. The lowest BCUT2D eigenvalue weighted by atomic mass is 10.1. The molecule has 55 heavy (non-hydrogen) atoms. The quantitative estimate of drug-likeness (QED) is 0.0247. The van der Waals surface area contributed by atoms with E-state index in [1.54, 1.807) is 6.08 Å². The molecule has 0 heterocycles. The predicted molar refractivity (Wildman–Crippen MR) is 235 cm³/mol. The van der Waals surface area contributed by atoms with E-state index in [4.69, 9.17) is 9.05 Å². The fraction of sp³-hybridized carbons (Fsp3) is 0.804. The van der Waals surface area contributed by atoms with Crippen LogP contribution in [0, 0.1) is 0 Å². The number of nitrogens with one attached hydrogen (secondary N) is 1. The minimum absolute atomic E-state index is 0.0516. The van der Waals surface area contributed by atoms with Crippen LogP contribution in [0.2, 0.25) is 0 Å².